The Morgan fingerprint density at radius 1 is 0.929 bits per heavy atom. The number of aromatic nitrogens is 2. The van der Waals surface area contributed by atoms with Gasteiger partial charge in [-0.1, -0.05) is 42.5 Å². The summed E-state index contributed by atoms with van der Waals surface area (Å²) in [4.78, 5) is 20.2. The van der Waals surface area contributed by atoms with Gasteiger partial charge >= 0.3 is 0 Å². The maximum absolute atomic E-state index is 12.2. The van der Waals surface area contributed by atoms with Gasteiger partial charge in [-0.2, -0.15) is 0 Å². The molecule has 5 heteroatoms. The van der Waals surface area contributed by atoms with E-state index in [1.54, 1.807) is 6.20 Å². The quantitative estimate of drug-likeness (QED) is 0.413. The third-order valence-electron chi connectivity index (χ3n) is 4.69. The molecule has 5 nitrogen and oxygen atoms in total. The van der Waals surface area contributed by atoms with Gasteiger partial charge in [-0.05, 0) is 48.7 Å². The number of carbonyl (C=O) groups excluding carboxylic acids is 1. The Bertz CT molecular complexity index is 1060. The zero-order valence-electron chi connectivity index (χ0n) is 15.5. The topological polar surface area (TPSA) is 69.8 Å². The van der Waals surface area contributed by atoms with Crippen LogP contribution >= 0.6 is 0 Å². The number of benzene rings is 2. The zero-order valence-corrected chi connectivity index (χ0v) is 15.5. The number of fused-ring (bicyclic) bond motifs is 1. The van der Waals surface area contributed by atoms with Gasteiger partial charge in [0.25, 0.3) is 0 Å². The number of hydrogen-bond donors (Lipinski definition) is 3. The van der Waals surface area contributed by atoms with Crippen LogP contribution in [0.5, 0.6) is 0 Å². The lowest BCUT2D eigenvalue weighted by Crippen LogP contribution is -2.29. The number of aromatic amines is 1. The van der Waals surface area contributed by atoms with Crippen LogP contribution in [0.15, 0.2) is 79.0 Å². The summed E-state index contributed by atoms with van der Waals surface area (Å²) in [6.45, 7) is 0. The predicted octanol–water partition coefficient (Wildman–Crippen LogP) is 4.70. The van der Waals surface area contributed by atoms with Crippen molar-refractivity contribution in [2.24, 2.45) is 0 Å². The molecule has 0 bridgehead atoms. The molecular weight excluding hydrogens is 348 g/mol. The highest BCUT2D eigenvalue weighted by Gasteiger charge is 2.14. The number of nitrogens with one attached hydrogen (secondary N) is 3. The molecule has 2 heterocycles. The standard InChI is InChI=1S/C23H22N4O/c28-22(27-26-17-9-2-1-3-10-17)15-8-12-19-18-11-4-5-13-20(18)25-23(19)21-14-6-7-16-24-21/h1-7,9-11,13-14,16,25-26H,8,12,15H2,(H,27,28). The second kappa shape index (κ2) is 8.39. The third kappa shape index (κ3) is 4.04. The van der Waals surface area contributed by atoms with Crippen LogP contribution in [0, 0.1) is 0 Å². The van der Waals surface area contributed by atoms with E-state index >= 15 is 0 Å². The average molecular weight is 370 g/mol. The SMILES string of the molecule is O=C(CCCc1c(-c2ccccn2)[nH]c2ccccc12)NNc1ccccc1. The van der Waals surface area contributed by atoms with Crippen molar-refractivity contribution in [3.63, 3.8) is 0 Å². The maximum atomic E-state index is 12.2. The van der Waals surface area contributed by atoms with Gasteiger partial charge in [0.2, 0.25) is 5.91 Å². The van der Waals surface area contributed by atoms with Crippen LogP contribution in [0.25, 0.3) is 22.3 Å². The van der Waals surface area contributed by atoms with E-state index in [1.807, 2.05) is 60.7 Å². The molecule has 2 aromatic carbocycles. The van der Waals surface area contributed by atoms with Crippen LogP contribution in [-0.2, 0) is 11.2 Å². The summed E-state index contributed by atoms with van der Waals surface area (Å²) in [6.07, 6.45) is 3.80. The molecule has 0 fully saturated rings. The van der Waals surface area contributed by atoms with Crippen LogP contribution in [0.3, 0.4) is 0 Å². The molecule has 0 spiro atoms. The van der Waals surface area contributed by atoms with Crippen LogP contribution in [-0.4, -0.2) is 15.9 Å². The molecule has 3 N–H and O–H groups in total. The summed E-state index contributed by atoms with van der Waals surface area (Å²) < 4.78 is 0. The molecule has 4 rings (SSSR count). The molecule has 1 amide bonds. The lowest BCUT2D eigenvalue weighted by Gasteiger charge is -2.08. The molecule has 0 aliphatic heterocycles. The Labute approximate surface area is 163 Å². The van der Waals surface area contributed by atoms with Crippen molar-refractivity contribution >= 4 is 22.5 Å². The molecule has 0 unspecified atom stereocenters. The van der Waals surface area contributed by atoms with E-state index < -0.39 is 0 Å². The Morgan fingerprint density at radius 2 is 1.71 bits per heavy atom. The number of pyridine rings is 1. The van der Waals surface area contributed by atoms with Crippen molar-refractivity contribution in [3.8, 4) is 11.4 Å². The number of nitrogens with zero attached hydrogens (tertiary/aromatic N) is 1. The predicted molar refractivity (Wildman–Crippen MR) is 113 cm³/mol. The highest BCUT2D eigenvalue weighted by molar-refractivity contribution is 5.90. The van der Waals surface area contributed by atoms with Gasteiger partial charge in [0, 0.05) is 23.5 Å². The first kappa shape index (κ1) is 17.8. The molecular formula is C23H22N4O. The molecule has 140 valence electrons. The minimum atomic E-state index is -0.0249. The highest BCUT2D eigenvalue weighted by atomic mass is 16.2. The number of H-pyrrole nitrogens is 1. The van der Waals surface area contributed by atoms with Crippen molar-refractivity contribution in [3.05, 3.63) is 84.6 Å². The van der Waals surface area contributed by atoms with Gasteiger partial charge in [-0.15, -0.1) is 0 Å². The van der Waals surface area contributed by atoms with E-state index in [2.05, 4.69) is 33.0 Å². The lowest BCUT2D eigenvalue weighted by molar-refractivity contribution is -0.120. The van der Waals surface area contributed by atoms with Crippen LogP contribution < -0.4 is 10.9 Å². The normalized spacial score (nSPS) is 10.7. The van der Waals surface area contributed by atoms with E-state index in [9.17, 15) is 4.79 Å². The summed E-state index contributed by atoms with van der Waals surface area (Å²) in [5.41, 5.74) is 10.8. The molecule has 0 saturated carbocycles. The fourth-order valence-electron chi connectivity index (χ4n) is 3.34. The summed E-state index contributed by atoms with van der Waals surface area (Å²) in [5, 5.41) is 1.19. The monoisotopic (exact) mass is 370 g/mol. The number of hydrogen-bond acceptors (Lipinski definition) is 3. The Balaban J connectivity index is 1.43. The summed E-state index contributed by atoms with van der Waals surface area (Å²) in [7, 11) is 0. The number of rotatable bonds is 7. The van der Waals surface area contributed by atoms with E-state index in [0.717, 1.165) is 35.4 Å². The maximum Gasteiger partial charge on any atom is 0.238 e. The molecule has 0 atom stereocenters. The Morgan fingerprint density at radius 3 is 2.54 bits per heavy atom. The Hall–Kier alpha value is -3.60. The number of carbonyl (C=O) groups is 1. The third-order valence-corrected chi connectivity index (χ3v) is 4.69. The number of aryl methyl sites for hydroxylation is 1. The van der Waals surface area contributed by atoms with Gasteiger partial charge in [0.1, 0.15) is 0 Å². The van der Waals surface area contributed by atoms with Gasteiger partial charge in [-0.3, -0.25) is 20.6 Å². The van der Waals surface area contributed by atoms with Gasteiger partial charge in [0.15, 0.2) is 0 Å². The Kier molecular flexibility index (Phi) is 5.33. The highest BCUT2D eigenvalue weighted by Crippen LogP contribution is 2.30. The fraction of sp³-hybridized carbons (Fsp3) is 0.130. The first-order valence-corrected chi connectivity index (χ1v) is 9.42. The van der Waals surface area contributed by atoms with E-state index in [-0.39, 0.29) is 5.91 Å². The largest absolute Gasteiger partial charge is 0.353 e. The number of anilines is 1. The van der Waals surface area contributed by atoms with Crippen molar-refractivity contribution in [1.29, 1.82) is 0 Å². The number of para-hydroxylation sites is 2. The molecule has 4 aromatic rings. The van der Waals surface area contributed by atoms with Crippen molar-refractivity contribution in [2.45, 2.75) is 19.3 Å². The second-order valence-corrected chi connectivity index (χ2v) is 6.63. The molecule has 0 radical (unpaired) electrons. The first-order chi connectivity index (χ1) is 13.8. The molecule has 2 aromatic heterocycles. The molecule has 0 saturated heterocycles. The smallest absolute Gasteiger partial charge is 0.238 e. The molecule has 28 heavy (non-hydrogen) atoms. The second-order valence-electron chi connectivity index (χ2n) is 6.63. The summed E-state index contributed by atoms with van der Waals surface area (Å²) >= 11 is 0. The molecule has 0 aliphatic rings. The summed E-state index contributed by atoms with van der Waals surface area (Å²) in [5.74, 6) is -0.0249. The van der Waals surface area contributed by atoms with Crippen LogP contribution in [0.2, 0.25) is 0 Å². The minimum absolute atomic E-state index is 0.0249. The lowest BCUT2D eigenvalue weighted by atomic mass is 10.0. The first-order valence-electron chi connectivity index (χ1n) is 9.42. The van der Waals surface area contributed by atoms with E-state index in [0.29, 0.717) is 6.42 Å². The van der Waals surface area contributed by atoms with Gasteiger partial charge in [0.05, 0.1) is 17.1 Å². The average Bonchev–Trinajstić information content (AvgIpc) is 3.12. The van der Waals surface area contributed by atoms with Crippen molar-refractivity contribution in [1.82, 2.24) is 15.4 Å². The summed E-state index contributed by atoms with van der Waals surface area (Å²) in [6, 6.07) is 23.7. The zero-order chi connectivity index (χ0) is 19.2. The van der Waals surface area contributed by atoms with Crippen molar-refractivity contribution in [2.75, 3.05) is 5.43 Å². The minimum Gasteiger partial charge on any atom is -0.353 e. The van der Waals surface area contributed by atoms with Crippen LogP contribution in [0.4, 0.5) is 5.69 Å². The number of amides is 1. The fourth-order valence-corrected chi connectivity index (χ4v) is 3.34. The van der Waals surface area contributed by atoms with Crippen LogP contribution in [0.1, 0.15) is 18.4 Å². The molecule has 0 aliphatic carbocycles. The van der Waals surface area contributed by atoms with Gasteiger partial charge in [-0.25, -0.2) is 0 Å². The number of hydrazine groups is 1. The van der Waals surface area contributed by atoms with Crippen molar-refractivity contribution < 1.29 is 4.79 Å². The van der Waals surface area contributed by atoms with E-state index in [4.69, 9.17) is 0 Å². The van der Waals surface area contributed by atoms with Gasteiger partial charge < -0.3 is 4.98 Å². The van der Waals surface area contributed by atoms with E-state index in [1.165, 1.54) is 10.9 Å².